The third kappa shape index (κ3) is 4.12. The van der Waals surface area contributed by atoms with Gasteiger partial charge < -0.3 is 0 Å². The number of benzene rings is 1. The highest BCUT2D eigenvalue weighted by Crippen LogP contribution is 2.23. The Kier molecular flexibility index (Phi) is 5.30. The Morgan fingerprint density at radius 2 is 1.86 bits per heavy atom. The molecule has 0 aliphatic heterocycles. The fourth-order valence-corrected chi connectivity index (χ4v) is 4.04. The van der Waals surface area contributed by atoms with Crippen molar-refractivity contribution in [3.05, 3.63) is 36.2 Å². The zero-order chi connectivity index (χ0) is 16.4. The molecular weight excluding hydrogens is 317 g/mol. The van der Waals surface area contributed by atoms with Crippen LogP contribution in [0.4, 0.5) is 4.39 Å². The van der Waals surface area contributed by atoms with E-state index in [1.807, 2.05) is 0 Å². The van der Waals surface area contributed by atoms with Crippen molar-refractivity contribution in [1.82, 2.24) is 4.31 Å². The van der Waals surface area contributed by atoms with E-state index in [4.69, 9.17) is 0 Å². The van der Waals surface area contributed by atoms with Gasteiger partial charge in [0.1, 0.15) is 10.7 Å². The second-order valence-corrected chi connectivity index (χ2v) is 8.67. The van der Waals surface area contributed by atoms with E-state index < -0.39 is 30.6 Å². The molecule has 0 aromatic heterocycles. The first-order chi connectivity index (χ1) is 9.50. The number of hydrogen-bond donors (Lipinski definition) is 0. The van der Waals surface area contributed by atoms with Crippen LogP contribution in [0.5, 0.6) is 0 Å². The first-order valence-electron chi connectivity index (χ1n) is 6.14. The van der Waals surface area contributed by atoms with Crippen LogP contribution in [0.15, 0.2) is 40.1 Å². The van der Waals surface area contributed by atoms with Crippen molar-refractivity contribution in [3.63, 3.8) is 0 Å². The second kappa shape index (κ2) is 6.25. The van der Waals surface area contributed by atoms with Crippen LogP contribution < -0.4 is 0 Å². The van der Waals surface area contributed by atoms with Crippen molar-refractivity contribution in [2.45, 2.75) is 23.6 Å². The summed E-state index contributed by atoms with van der Waals surface area (Å²) in [6.45, 7) is 7.06. The van der Waals surface area contributed by atoms with Crippen molar-refractivity contribution >= 4 is 19.9 Å². The van der Waals surface area contributed by atoms with Crippen LogP contribution in [-0.2, 0) is 19.9 Å². The number of rotatable bonds is 6. The van der Waals surface area contributed by atoms with Gasteiger partial charge in [-0.3, -0.25) is 0 Å². The zero-order valence-corrected chi connectivity index (χ0v) is 13.8. The normalized spacial score (nSPS) is 12.6. The summed E-state index contributed by atoms with van der Waals surface area (Å²) in [5.74, 6) is -0.984. The van der Waals surface area contributed by atoms with Crippen LogP contribution in [0.2, 0.25) is 0 Å². The number of sulfone groups is 1. The van der Waals surface area contributed by atoms with Crippen LogP contribution in [0, 0.1) is 5.82 Å². The fraction of sp³-hybridized carbons (Fsp3) is 0.385. The molecule has 8 heteroatoms. The number of halogens is 1. The molecule has 0 fully saturated rings. The van der Waals surface area contributed by atoms with Gasteiger partial charge in [0.2, 0.25) is 10.0 Å². The maximum Gasteiger partial charge on any atom is 0.246 e. The van der Waals surface area contributed by atoms with Crippen molar-refractivity contribution in [2.24, 2.45) is 0 Å². The highest BCUT2D eigenvalue weighted by Gasteiger charge is 2.27. The molecule has 0 aliphatic carbocycles. The summed E-state index contributed by atoms with van der Waals surface area (Å²) in [6, 6.07) is 2.73. The van der Waals surface area contributed by atoms with Gasteiger partial charge in [0, 0.05) is 19.3 Å². The monoisotopic (exact) mass is 335 g/mol. The average molecular weight is 335 g/mol. The minimum atomic E-state index is -4.13. The third-order valence-corrected chi connectivity index (χ3v) is 5.79. The van der Waals surface area contributed by atoms with Gasteiger partial charge in [-0.15, -0.1) is 0 Å². The Hall–Kier alpha value is -1.25. The predicted molar refractivity (Wildman–Crippen MR) is 78.8 cm³/mol. The molecule has 21 heavy (non-hydrogen) atoms. The molecule has 0 radical (unpaired) electrons. The van der Waals surface area contributed by atoms with Crippen molar-refractivity contribution in [3.8, 4) is 0 Å². The van der Waals surface area contributed by atoms with Crippen molar-refractivity contribution in [2.75, 3.05) is 19.3 Å². The summed E-state index contributed by atoms with van der Waals surface area (Å²) in [7, 11) is -7.75. The quantitative estimate of drug-likeness (QED) is 0.587. The summed E-state index contributed by atoms with van der Waals surface area (Å²) >= 11 is 0. The van der Waals surface area contributed by atoms with Gasteiger partial charge in [-0.2, -0.15) is 4.31 Å². The highest BCUT2D eigenvalue weighted by atomic mass is 32.2. The predicted octanol–water partition coefficient (Wildman–Crippen LogP) is 1.82. The summed E-state index contributed by atoms with van der Waals surface area (Å²) in [6.07, 6.45) is 0.933. The van der Waals surface area contributed by atoms with E-state index in [2.05, 4.69) is 6.58 Å². The molecule has 0 saturated carbocycles. The molecule has 5 nitrogen and oxygen atoms in total. The molecule has 0 saturated heterocycles. The Morgan fingerprint density at radius 1 is 1.29 bits per heavy atom. The van der Waals surface area contributed by atoms with Crippen molar-refractivity contribution in [1.29, 1.82) is 0 Å². The first kappa shape index (κ1) is 17.8. The van der Waals surface area contributed by atoms with E-state index in [0.29, 0.717) is 5.57 Å². The van der Waals surface area contributed by atoms with Crippen LogP contribution in [0.1, 0.15) is 13.8 Å². The smallest absolute Gasteiger partial charge is 0.224 e. The molecule has 1 rings (SSSR count). The van der Waals surface area contributed by atoms with E-state index >= 15 is 0 Å². The molecule has 0 spiro atoms. The third-order valence-electron chi connectivity index (χ3n) is 2.75. The second-order valence-electron chi connectivity index (χ2n) is 4.75. The molecule has 0 bridgehead atoms. The maximum atomic E-state index is 13.9. The standard InChI is InChI=1S/C13H18FNO4S2/c1-5-15(9-10(2)3)21(18,19)13-8-11(20(4,16)17)6-7-12(13)14/h6-8H,2,5,9H2,1,3-4H3. The van der Waals surface area contributed by atoms with Gasteiger partial charge in [0.15, 0.2) is 9.84 Å². The van der Waals surface area contributed by atoms with Crippen LogP contribution >= 0.6 is 0 Å². The SMILES string of the molecule is C=C(C)CN(CC)S(=O)(=O)c1cc(S(C)(=O)=O)ccc1F. The lowest BCUT2D eigenvalue weighted by Gasteiger charge is -2.21. The lowest BCUT2D eigenvalue weighted by atomic mass is 10.3. The molecule has 1 aromatic rings. The van der Waals surface area contributed by atoms with Gasteiger partial charge in [-0.05, 0) is 25.1 Å². The number of nitrogens with zero attached hydrogens (tertiary/aromatic N) is 1. The van der Waals surface area contributed by atoms with Gasteiger partial charge in [-0.25, -0.2) is 21.2 Å². The van der Waals surface area contributed by atoms with E-state index in [0.717, 1.165) is 28.8 Å². The Balaban J connectivity index is 3.46. The van der Waals surface area contributed by atoms with E-state index in [-0.39, 0.29) is 18.0 Å². The largest absolute Gasteiger partial charge is 0.246 e. The minimum absolute atomic E-state index is 0.0430. The summed E-state index contributed by atoms with van der Waals surface area (Å²) in [4.78, 5) is -0.887. The molecule has 118 valence electrons. The van der Waals surface area contributed by atoms with Crippen LogP contribution in [-0.4, -0.2) is 40.5 Å². The summed E-state index contributed by atoms with van der Waals surface area (Å²) < 4.78 is 62.8. The average Bonchev–Trinajstić information content (AvgIpc) is 2.34. The summed E-state index contributed by atoms with van der Waals surface area (Å²) in [5, 5.41) is 0. The lowest BCUT2D eigenvalue weighted by Crippen LogP contribution is -2.33. The Bertz CT molecular complexity index is 754. The van der Waals surface area contributed by atoms with Crippen LogP contribution in [0.3, 0.4) is 0 Å². The molecule has 0 amide bonds. The van der Waals surface area contributed by atoms with E-state index in [1.54, 1.807) is 13.8 Å². The van der Waals surface area contributed by atoms with Gasteiger partial charge >= 0.3 is 0 Å². The maximum absolute atomic E-state index is 13.9. The van der Waals surface area contributed by atoms with E-state index in [9.17, 15) is 21.2 Å². The fourth-order valence-electron chi connectivity index (χ4n) is 1.72. The van der Waals surface area contributed by atoms with Crippen molar-refractivity contribution < 1.29 is 21.2 Å². The molecule has 0 N–H and O–H groups in total. The molecular formula is C13H18FNO4S2. The molecule has 0 heterocycles. The topological polar surface area (TPSA) is 71.5 Å². The lowest BCUT2D eigenvalue weighted by molar-refractivity contribution is 0.446. The Labute approximate surface area is 125 Å². The molecule has 0 atom stereocenters. The van der Waals surface area contributed by atoms with E-state index in [1.165, 1.54) is 0 Å². The molecule has 0 unspecified atom stereocenters. The van der Waals surface area contributed by atoms with Crippen LogP contribution in [0.25, 0.3) is 0 Å². The van der Waals surface area contributed by atoms with Gasteiger partial charge in [0.25, 0.3) is 0 Å². The Morgan fingerprint density at radius 3 is 2.29 bits per heavy atom. The summed E-state index contributed by atoms with van der Waals surface area (Å²) in [5.41, 5.74) is 0.597. The van der Waals surface area contributed by atoms with Gasteiger partial charge in [0.05, 0.1) is 4.90 Å². The number of likely N-dealkylation sites (N-methyl/N-ethyl adjacent to an activating group) is 1. The van der Waals surface area contributed by atoms with Gasteiger partial charge in [-0.1, -0.05) is 19.1 Å². The number of hydrogen-bond acceptors (Lipinski definition) is 4. The molecule has 0 aliphatic rings. The zero-order valence-electron chi connectivity index (χ0n) is 12.1. The number of sulfonamides is 1. The highest BCUT2D eigenvalue weighted by molar-refractivity contribution is 7.91. The molecule has 1 aromatic carbocycles. The minimum Gasteiger partial charge on any atom is -0.224 e. The first-order valence-corrected chi connectivity index (χ1v) is 9.47.